The lowest BCUT2D eigenvalue weighted by Crippen LogP contribution is -2.65. The monoisotopic (exact) mass is 416 g/mol. The van der Waals surface area contributed by atoms with Crippen LogP contribution in [0.15, 0.2) is 0 Å². The standard InChI is InChI=1S/2C8H20N.B4O7/c2*1-5-9(6-2,7-3)8-4;5-1-7-3-9-2(6)10-4(8-1)11-3/h2*5-8H2,1-4H3;/q2*+1;-2. The fourth-order valence-electron chi connectivity index (χ4n) is 3.39. The van der Waals surface area contributed by atoms with Crippen LogP contribution < -0.4 is 10.0 Å². The molecular formula is C16H40B4N2O7. The third-order valence-corrected chi connectivity index (χ3v) is 6.48. The molecule has 0 atom stereocenters. The molecule has 29 heavy (non-hydrogen) atoms. The average Bonchev–Trinajstić information content (AvgIpc) is 2.72. The highest BCUT2D eigenvalue weighted by atomic mass is 16.9. The van der Waals surface area contributed by atoms with Crippen molar-refractivity contribution in [2.45, 2.75) is 55.4 Å². The Morgan fingerprint density at radius 2 is 0.655 bits per heavy atom. The maximum absolute atomic E-state index is 10.5. The quantitative estimate of drug-likeness (QED) is 0.390. The minimum absolute atomic E-state index is 1.27. The van der Waals surface area contributed by atoms with Gasteiger partial charge in [-0.05, 0) is 55.4 Å². The smallest absolute Gasteiger partial charge is 0.597 e. The molecule has 2 bridgehead atoms. The largest absolute Gasteiger partial charge is 0.833 e. The lowest BCUT2D eigenvalue weighted by molar-refractivity contribution is -0.921. The zero-order valence-electron chi connectivity index (χ0n) is 19.7. The minimum Gasteiger partial charge on any atom is -0.833 e. The fourth-order valence-corrected chi connectivity index (χ4v) is 3.39. The second-order valence-corrected chi connectivity index (χ2v) is 7.05. The van der Waals surface area contributed by atoms with Gasteiger partial charge in [-0.25, -0.2) is 0 Å². The van der Waals surface area contributed by atoms with E-state index in [0.717, 1.165) is 0 Å². The molecule has 2 heterocycles. The molecule has 0 aromatic rings. The van der Waals surface area contributed by atoms with Gasteiger partial charge in [-0.1, -0.05) is 0 Å². The van der Waals surface area contributed by atoms with E-state index in [0.29, 0.717) is 0 Å². The molecule has 2 fully saturated rings. The first kappa shape index (κ1) is 28.9. The van der Waals surface area contributed by atoms with Gasteiger partial charge in [-0.3, -0.25) is 0 Å². The van der Waals surface area contributed by atoms with Crippen LogP contribution in [0.25, 0.3) is 0 Å². The van der Waals surface area contributed by atoms with Crippen molar-refractivity contribution in [2.24, 2.45) is 0 Å². The molecule has 13 heteroatoms. The summed E-state index contributed by atoms with van der Waals surface area (Å²) in [5, 5.41) is 21.0. The van der Waals surface area contributed by atoms with E-state index in [1.54, 1.807) is 0 Å². The van der Waals surface area contributed by atoms with Crippen LogP contribution in [-0.4, -0.2) is 90.6 Å². The first-order chi connectivity index (χ1) is 13.7. The molecule has 0 saturated carbocycles. The molecule has 0 spiro atoms. The van der Waals surface area contributed by atoms with Crippen LogP contribution in [0, 0.1) is 0 Å². The molecule has 9 nitrogen and oxygen atoms in total. The van der Waals surface area contributed by atoms with Crippen molar-refractivity contribution in [2.75, 3.05) is 52.4 Å². The number of hydrogen-bond acceptors (Lipinski definition) is 7. The van der Waals surface area contributed by atoms with Gasteiger partial charge in [0.25, 0.3) is 0 Å². The third kappa shape index (κ3) is 9.71. The molecule has 0 N–H and O–H groups in total. The van der Waals surface area contributed by atoms with Gasteiger partial charge in [-0.2, -0.15) is 0 Å². The fraction of sp³-hybridized carbons (Fsp3) is 1.00. The van der Waals surface area contributed by atoms with E-state index < -0.39 is 29.3 Å². The van der Waals surface area contributed by atoms with E-state index in [1.165, 1.54) is 61.3 Å². The second kappa shape index (κ2) is 14.8. The van der Waals surface area contributed by atoms with Crippen molar-refractivity contribution >= 4 is 29.3 Å². The first-order valence-corrected chi connectivity index (χ1v) is 11.0. The Kier molecular flexibility index (Phi) is 14.8. The Morgan fingerprint density at radius 1 is 0.448 bits per heavy atom. The van der Waals surface area contributed by atoms with Crippen molar-refractivity contribution in [3.63, 3.8) is 0 Å². The minimum atomic E-state index is -1.73. The number of nitrogens with zero attached hydrogens (tertiary/aromatic N) is 2. The molecule has 168 valence electrons. The molecule has 2 aliphatic rings. The zero-order valence-corrected chi connectivity index (χ0v) is 19.7. The number of quaternary nitrogens is 2. The highest BCUT2D eigenvalue weighted by molar-refractivity contribution is 6.73. The van der Waals surface area contributed by atoms with Gasteiger partial charge < -0.3 is 41.9 Å². The molecular weight excluding hydrogens is 375 g/mol. The molecule has 0 aromatic heterocycles. The summed E-state index contributed by atoms with van der Waals surface area (Å²) in [5.41, 5.74) is 0. The predicted octanol–water partition coefficient (Wildman–Crippen LogP) is -0.478. The normalized spacial score (nSPS) is 16.8. The van der Waals surface area contributed by atoms with E-state index in [9.17, 15) is 10.0 Å². The predicted molar refractivity (Wildman–Crippen MR) is 113 cm³/mol. The molecule has 0 radical (unpaired) electrons. The van der Waals surface area contributed by atoms with Gasteiger partial charge in [0.15, 0.2) is 0 Å². The Balaban J connectivity index is 0.000000411. The van der Waals surface area contributed by atoms with Gasteiger partial charge in [0.05, 0.1) is 52.4 Å². The first-order valence-electron chi connectivity index (χ1n) is 11.0. The van der Waals surface area contributed by atoms with Crippen molar-refractivity contribution in [1.29, 1.82) is 0 Å². The Bertz CT molecular complexity index is 332. The van der Waals surface area contributed by atoms with Crippen LogP contribution in [0.2, 0.25) is 0 Å². The summed E-state index contributed by atoms with van der Waals surface area (Å²) in [6.45, 7) is 28.4. The summed E-state index contributed by atoms with van der Waals surface area (Å²) in [5.74, 6) is 0. The van der Waals surface area contributed by atoms with Crippen molar-refractivity contribution in [1.82, 2.24) is 0 Å². The summed E-state index contributed by atoms with van der Waals surface area (Å²) >= 11 is 0. The summed E-state index contributed by atoms with van der Waals surface area (Å²) in [4.78, 5) is 0. The second-order valence-electron chi connectivity index (χ2n) is 7.05. The summed E-state index contributed by atoms with van der Waals surface area (Å²) in [7, 11) is -6.00. The van der Waals surface area contributed by atoms with E-state index in [-0.39, 0.29) is 0 Å². The number of hydrogen-bond donors (Lipinski definition) is 0. The maximum atomic E-state index is 10.5. The highest BCUT2D eigenvalue weighted by Crippen LogP contribution is 2.12. The highest BCUT2D eigenvalue weighted by Gasteiger charge is 2.44. The topological polar surface area (TPSA) is 92.3 Å². The molecule has 0 unspecified atom stereocenters. The average molecular weight is 416 g/mol. The van der Waals surface area contributed by atoms with Gasteiger partial charge in [0.2, 0.25) is 0 Å². The molecule has 2 saturated heterocycles. The third-order valence-electron chi connectivity index (χ3n) is 6.48. The summed E-state index contributed by atoms with van der Waals surface area (Å²) < 4.78 is 24.4. The summed E-state index contributed by atoms with van der Waals surface area (Å²) in [6.07, 6.45) is 0. The van der Waals surface area contributed by atoms with Crippen LogP contribution in [0.4, 0.5) is 0 Å². The van der Waals surface area contributed by atoms with Crippen molar-refractivity contribution in [3.05, 3.63) is 0 Å². The zero-order chi connectivity index (χ0) is 22.5. The molecule has 2 rings (SSSR count). The lowest BCUT2D eigenvalue weighted by atomic mass is 9.90. The maximum Gasteiger partial charge on any atom is 0.597 e. The Hall–Kier alpha value is -0.100. The van der Waals surface area contributed by atoms with Crippen LogP contribution in [0.3, 0.4) is 0 Å². The van der Waals surface area contributed by atoms with Crippen LogP contribution in [-0.2, 0) is 22.9 Å². The number of rotatable bonds is 8. The van der Waals surface area contributed by atoms with Gasteiger partial charge in [0.1, 0.15) is 0 Å². The van der Waals surface area contributed by atoms with Crippen LogP contribution >= 0.6 is 0 Å². The van der Waals surface area contributed by atoms with Crippen LogP contribution in [0.5, 0.6) is 0 Å². The molecule has 0 amide bonds. The SMILES string of the molecule is CC[N+](CC)(CC)CC.CC[N+](CC)(CC)CC.[O-]B1OB2OB([O-])OB(O1)O2. The van der Waals surface area contributed by atoms with Crippen LogP contribution in [0.1, 0.15) is 55.4 Å². The van der Waals surface area contributed by atoms with E-state index in [2.05, 4.69) is 78.2 Å². The molecule has 0 aromatic carbocycles. The Morgan fingerprint density at radius 3 is 0.793 bits per heavy atom. The van der Waals surface area contributed by atoms with Gasteiger partial charge in [-0.15, -0.1) is 0 Å². The van der Waals surface area contributed by atoms with Crippen molar-refractivity contribution < 1.29 is 41.9 Å². The van der Waals surface area contributed by atoms with E-state index in [1.807, 2.05) is 0 Å². The lowest BCUT2D eigenvalue weighted by Gasteiger charge is -2.40. The Labute approximate surface area is 179 Å². The number of fused-ring (bicyclic) bond motifs is 2. The van der Waals surface area contributed by atoms with E-state index >= 15 is 0 Å². The van der Waals surface area contributed by atoms with Gasteiger partial charge >= 0.3 is 29.3 Å². The summed E-state index contributed by atoms with van der Waals surface area (Å²) in [6, 6.07) is 0. The molecule has 0 aliphatic carbocycles. The van der Waals surface area contributed by atoms with Gasteiger partial charge in [0, 0.05) is 0 Å². The van der Waals surface area contributed by atoms with Crippen molar-refractivity contribution in [3.8, 4) is 0 Å². The van der Waals surface area contributed by atoms with E-state index in [4.69, 9.17) is 0 Å². The molecule has 2 aliphatic heterocycles.